The summed E-state index contributed by atoms with van der Waals surface area (Å²) in [5, 5.41) is 0. The van der Waals surface area contributed by atoms with Crippen LogP contribution in [-0.2, 0) is 11.2 Å². The van der Waals surface area contributed by atoms with E-state index in [1.54, 1.807) is 14.2 Å². The third-order valence-electron chi connectivity index (χ3n) is 2.35. The van der Waals surface area contributed by atoms with E-state index >= 15 is 0 Å². The smallest absolute Gasteiger partial charge is 0.140 e. The van der Waals surface area contributed by atoms with Gasteiger partial charge < -0.3 is 19.9 Å². The first kappa shape index (κ1) is 14.3. The van der Waals surface area contributed by atoms with Gasteiger partial charge in [0.05, 0.1) is 27.4 Å². The van der Waals surface area contributed by atoms with Crippen molar-refractivity contribution in [3.05, 3.63) is 22.2 Å². The highest BCUT2D eigenvalue weighted by Gasteiger charge is 2.12. The molecule has 0 saturated carbocycles. The second-order valence-electron chi connectivity index (χ2n) is 3.43. The Labute approximate surface area is 110 Å². The van der Waals surface area contributed by atoms with Crippen molar-refractivity contribution < 1.29 is 14.2 Å². The van der Waals surface area contributed by atoms with Gasteiger partial charge in [-0.3, -0.25) is 0 Å². The summed E-state index contributed by atoms with van der Waals surface area (Å²) in [5.41, 5.74) is 6.43. The molecule has 2 N–H and O–H groups in total. The molecule has 1 aromatic rings. The van der Waals surface area contributed by atoms with Gasteiger partial charge in [0, 0.05) is 6.54 Å². The fourth-order valence-corrected chi connectivity index (χ4v) is 2.23. The molecule has 0 fully saturated rings. The summed E-state index contributed by atoms with van der Waals surface area (Å²) < 4.78 is 16.8. The van der Waals surface area contributed by atoms with Crippen molar-refractivity contribution in [2.24, 2.45) is 5.73 Å². The van der Waals surface area contributed by atoms with Gasteiger partial charge in [-0.1, -0.05) is 6.07 Å². The normalized spacial score (nSPS) is 10.4. The zero-order chi connectivity index (χ0) is 12.7. The van der Waals surface area contributed by atoms with Crippen LogP contribution in [0.1, 0.15) is 5.56 Å². The highest BCUT2D eigenvalue weighted by molar-refractivity contribution is 9.10. The van der Waals surface area contributed by atoms with E-state index in [4.69, 9.17) is 19.9 Å². The molecule has 5 heteroatoms. The summed E-state index contributed by atoms with van der Waals surface area (Å²) >= 11 is 3.46. The van der Waals surface area contributed by atoms with E-state index in [1.165, 1.54) is 0 Å². The predicted molar refractivity (Wildman–Crippen MR) is 70.8 cm³/mol. The third-order valence-corrected chi connectivity index (χ3v) is 3.10. The quantitative estimate of drug-likeness (QED) is 0.783. The largest absolute Gasteiger partial charge is 0.495 e. The number of methoxy groups -OCH3 is 2. The summed E-state index contributed by atoms with van der Waals surface area (Å²) in [6.45, 7) is 1.76. The fraction of sp³-hybridized carbons (Fsp3) is 0.500. The van der Waals surface area contributed by atoms with Crippen LogP contribution in [0.5, 0.6) is 11.5 Å². The van der Waals surface area contributed by atoms with Crippen molar-refractivity contribution >= 4 is 15.9 Å². The molecule has 0 aliphatic carbocycles. The lowest BCUT2D eigenvalue weighted by molar-refractivity contribution is 0.144. The molecule has 0 atom stereocenters. The highest BCUT2D eigenvalue weighted by atomic mass is 79.9. The average Bonchev–Trinajstić information content (AvgIpc) is 2.35. The molecule has 0 aromatic heterocycles. The SMILES string of the molecule is COc1ccc(CCOCCN)c(OC)c1Br. The summed E-state index contributed by atoms with van der Waals surface area (Å²) in [6.07, 6.45) is 0.783. The molecule has 0 saturated heterocycles. The number of nitrogens with two attached hydrogens (primary N) is 1. The zero-order valence-corrected chi connectivity index (χ0v) is 11.7. The summed E-state index contributed by atoms with van der Waals surface area (Å²) in [6, 6.07) is 3.89. The molecule has 0 unspecified atom stereocenters. The molecular weight excluding hydrogens is 286 g/mol. The Morgan fingerprint density at radius 1 is 1.18 bits per heavy atom. The first-order valence-corrected chi connectivity index (χ1v) is 6.21. The molecule has 1 aromatic carbocycles. The molecule has 0 spiro atoms. The van der Waals surface area contributed by atoms with Crippen LogP contribution in [0.25, 0.3) is 0 Å². The number of benzene rings is 1. The van der Waals surface area contributed by atoms with Crippen molar-refractivity contribution in [1.29, 1.82) is 0 Å². The van der Waals surface area contributed by atoms with E-state index in [1.807, 2.05) is 12.1 Å². The van der Waals surface area contributed by atoms with E-state index in [2.05, 4.69) is 15.9 Å². The molecule has 17 heavy (non-hydrogen) atoms. The molecule has 4 nitrogen and oxygen atoms in total. The van der Waals surface area contributed by atoms with Gasteiger partial charge in [-0.15, -0.1) is 0 Å². The van der Waals surface area contributed by atoms with Crippen LogP contribution in [0.3, 0.4) is 0 Å². The van der Waals surface area contributed by atoms with Crippen LogP contribution >= 0.6 is 15.9 Å². The second-order valence-corrected chi connectivity index (χ2v) is 4.22. The topological polar surface area (TPSA) is 53.7 Å². The maximum atomic E-state index is 5.37. The van der Waals surface area contributed by atoms with E-state index < -0.39 is 0 Å². The average molecular weight is 304 g/mol. The zero-order valence-electron chi connectivity index (χ0n) is 10.2. The third kappa shape index (κ3) is 3.87. The maximum Gasteiger partial charge on any atom is 0.140 e. The summed E-state index contributed by atoms with van der Waals surface area (Å²) in [7, 11) is 3.27. The van der Waals surface area contributed by atoms with Crippen molar-refractivity contribution in [1.82, 2.24) is 0 Å². The fourth-order valence-electron chi connectivity index (χ4n) is 1.52. The van der Waals surface area contributed by atoms with E-state index in [9.17, 15) is 0 Å². The van der Waals surface area contributed by atoms with Gasteiger partial charge in [0.2, 0.25) is 0 Å². The van der Waals surface area contributed by atoms with Gasteiger partial charge >= 0.3 is 0 Å². The minimum Gasteiger partial charge on any atom is -0.495 e. The maximum absolute atomic E-state index is 5.37. The molecule has 0 aliphatic heterocycles. The van der Waals surface area contributed by atoms with Crippen LogP contribution < -0.4 is 15.2 Å². The van der Waals surface area contributed by atoms with Crippen LogP contribution in [0.2, 0.25) is 0 Å². The molecule has 0 amide bonds. The van der Waals surface area contributed by atoms with Crippen LogP contribution in [-0.4, -0.2) is 34.0 Å². The van der Waals surface area contributed by atoms with Crippen LogP contribution in [0.15, 0.2) is 16.6 Å². The summed E-state index contributed by atoms with van der Waals surface area (Å²) in [5.74, 6) is 1.55. The van der Waals surface area contributed by atoms with Crippen LogP contribution in [0.4, 0.5) is 0 Å². The Hall–Kier alpha value is -0.780. The van der Waals surface area contributed by atoms with Crippen molar-refractivity contribution in [2.45, 2.75) is 6.42 Å². The molecule has 0 bridgehead atoms. The van der Waals surface area contributed by atoms with Crippen LogP contribution in [0, 0.1) is 0 Å². The lowest BCUT2D eigenvalue weighted by atomic mass is 10.1. The van der Waals surface area contributed by atoms with E-state index in [0.717, 1.165) is 28.0 Å². The highest BCUT2D eigenvalue weighted by Crippen LogP contribution is 2.37. The Balaban J connectivity index is 2.74. The number of ether oxygens (including phenoxy) is 3. The van der Waals surface area contributed by atoms with Crippen molar-refractivity contribution in [2.75, 3.05) is 34.0 Å². The molecule has 0 radical (unpaired) electrons. The molecular formula is C12H18BrNO3. The molecule has 1 rings (SSSR count). The second kappa shape index (κ2) is 7.53. The van der Waals surface area contributed by atoms with Gasteiger partial charge in [0.15, 0.2) is 0 Å². The monoisotopic (exact) mass is 303 g/mol. The summed E-state index contributed by atoms with van der Waals surface area (Å²) in [4.78, 5) is 0. The minimum atomic E-state index is 0.545. The molecule has 0 aliphatic rings. The van der Waals surface area contributed by atoms with Gasteiger partial charge in [0.25, 0.3) is 0 Å². The molecule has 0 heterocycles. The Kier molecular flexibility index (Phi) is 6.32. The number of hydrogen-bond donors (Lipinski definition) is 1. The van der Waals surface area contributed by atoms with Crippen molar-refractivity contribution in [3.63, 3.8) is 0 Å². The lowest BCUT2D eigenvalue weighted by Gasteiger charge is -2.13. The van der Waals surface area contributed by atoms with Gasteiger partial charge in [-0.05, 0) is 34.0 Å². The van der Waals surface area contributed by atoms with Gasteiger partial charge in [0.1, 0.15) is 16.0 Å². The van der Waals surface area contributed by atoms with Gasteiger partial charge in [-0.25, -0.2) is 0 Å². The first-order valence-electron chi connectivity index (χ1n) is 5.41. The molecule has 96 valence electrons. The lowest BCUT2D eigenvalue weighted by Crippen LogP contribution is -2.10. The van der Waals surface area contributed by atoms with E-state index in [0.29, 0.717) is 19.8 Å². The van der Waals surface area contributed by atoms with Crippen molar-refractivity contribution in [3.8, 4) is 11.5 Å². The van der Waals surface area contributed by atoms with E-state index in [-0.39, 0.29) is 0 Å². The number of rotatable bonds is 7. The Morgan fingerprint density at radius 2 is 1.94 bits per heavy atom. The Bertz CT molecular complexity index is 358. The predicted octanol–water partition coefficient (Wildman–Crippen LogP) is 1.98. The Morgan fingerprint density at radius 3 is 2.53 bits per heavy atom. The minimum absolute atomic E-state index is 0.545. The standard InChI is InChI=1S/C12H18BrNO3/c1-15-10-4-3-9(5-7-17-8-6-14)12(16-2)11(10)13/h3-4H,5-8,14H2,1-2H3. The first-order chi connectivity index (χ1) is 8.24. The number of halogens is 1. The number of hydrogen-bond acceptors (Lipinski definition) is 4. The van der Waals surface area contributed by atoms with Gasteiger partial charge in [-0.2, -0.15) is 0 Å².